The molecular formula is C20H19N3O6. The van der Waals surface area contributed by atoms with Gasteiger partial charge in [-0.15, -0.1) is 0 Å². The van der Waals surface area contributed by atoms with Gasteiger partial charge in [-0.25, -0.2) is 4.79 Å². The maximum atomic E-state index is 13.1. The normalized spacial score (nSPS) is 24.0. The molecule has 1 saturated heterocycles. The van der Waals surface area contributed by atoms with Gasteiger partial charge in [-0.2, -0.15) is 5.26 Å². The number of hydrogen-bond donors (Lipinski definition) is 0. The van der Waals surface area contributed by atoms with Gasteiger partial charge in [0.1, 0.15) is 6.04 Å². The maximum Gasteiger partial charge on any atom is 0.339 e. The summed E-state index contributed by atoms with van der Waals surface area (Å²) in [5.74, 6) is -3.25. The van der Waals surface area contributed by atoms with Crippen LogP contribution in [0.2, 0.25) is 0 Å². The summed E-state index contributed by atoms with van der Waals surface area (Å²) in [4.78, 5) is 43.7. The number of esters is 3. The van der Waals surface area contributed by atoms with Crippen LogP contribution >= 0.6 is 0 Å². The van der Waals surface area contributed by atoms with E-state index in [1.54, 1.807) is 18.3 Å². The van der Waals surface area contributed by atoms with E-state index in [0.717, 1.165) is 0 Å². The second-order valence-electron chi connectivity index (χ2n) is 6.52. The molecule has 0 spiro atoms. The molecule has 1 aromatic heterocycles. The van der Waals surface area contributed by atoms with E-state index in [4.69, 9.17) is 14.2 Å². The quantitative estimate of drug-likeness (QED) is 0.411. The molecule has 1 aromatic rings. The Kier molecular flexibility index (Phi) is 5.37. The van der Waals surface area contributed by atoms with Gasteiger partial charge in [0.2, 0.25) is 0 Å². The molecule has 2 aliphatic heterocycles. The molecule has 0 N–H and O–H groups in total. The van der Waals surface area contributed by atoms with Crippen molar-refractivity contribution in [2.24, 2.45) is 5.41 Å². The minimum absolute atomic E-state index is 0.180. The lowest BCUT2D eigenvalue weighted by Crippen LogP contribution is -2.52. The van der Waals surface area contributed by atoms with Crippen molar-refractivity contribution in [3.63, 3.8) is 0 Å². The van der Waals surface area contributed by atoms with Crippen LogP contribution in [-0.4, -0.2) is 61.2 Å². The molecule has 0 radical (unpaired) electrons. The van der Waals surface area contributed by atoms with Crippen LogP contribution in [-0.2, 0) is 28.6 Å². The molecule has 0 amide bonds. The summed E-state index contributed by atoms with van der Waals surface area (Å²) in [5, 5.41) is 9.97. The van der Waals surface area contributed by atoms with Crippen molar-refractivity contribution in [2.45, 2.75) is 18.0 Å². The Balaban J connectivity index is 2.29. The highest BCUT2D eigenvalue weighted by Crippen LogP contribution is 2.54. The summed E-state index contributed by atoms with van der Waals surface area (Å²) in [5.41, 5.74) is -1.20. The molecule has 3 rings (SSSR count). The minimum atomic E-state index is -1.87. The highest BCUT2D eigenvalue weighted by atomic mass is 16.5. The zero-order valence-corrected chi connectivity index (χ0v) is 16.1. The van der Waals surface area contributed by atoms with Crippen molar-refractivity contribution < 1.29 is 28.6 Å². The summed E-state index contributed by atoms with van der Waals surface area (Å²) < 4.78 is 14.8. The zero-order chi connectivity index (χ0) is 21.2. The Morgan fingerprint density at radius 1 is 1.17 bits per heavy atom. The van der Waals surface area contributed by atoms with Crippen LogP contribution in [0.3, 0.4) is 0 Å². The second kappa shape index (κ2) is 7.75. The molecule has 1 fully saturated rings. The molecule has 3 atom stereocenters. The highest BCUT2D eigenvalue weighted by molar-refractivity contribution is 6.04. The Morgan fingerprint density at radius 2 is 1.86 bits per heavy atom. The van der Waals surface area contributed by atoms with E-state index < -0.39 is 41.3 Å². The predicted octanol–water partition coefficient (Wildman–Crippen LogP) is 0.701. The smallest absolute Gasteiger partial charge is 0.339 e. The third-order valence-corrected chi connectivity index (χ3v) is 5.30. The molecule has 150 valence electrons. The highest BCUT2D eigenvalue weighted by Gasteiger charge is 2.69. The fraction of sp³-hybridized carbons (Fsp3) is 0.350. The number of nitriles is 1. The Hall–Kier alpha value is -3.67. The van der Waals surface area contributed by atoms with Gasteiger partial charge in [-0.05, 0) is 17.7 Å². The van der Waals surface area contributed by atoms with Crippen molar-refractivity contribution >= 4 is 17.9 Å². The van der Waals surface area contributed by atoms with Crippen LogP contribution in [0.25, 0.3) is 0 Å². The molecule has 0 saturated carbocycles. The Morgan fingerprint density at radius 3 is 2.38 bits per heavy atom. The van der Waals surface area contributed by atoms with Gasteiger partial charge >= 0.3 is 17.9 Å². The molecule has 2 aliphatic rings. The molecular weight excluding hydrogens is 378 g/mol. The molecule has 3 unspecified atom stereocenters. The number of fused-ring (bicyclic) bond motifs is 1. The molecule has 0 aliphatic carbocycles. The standard InChI is InChI=1S/C20H19N3O6/c1-27-17(24)13-6-7-15-20(18(25)28-2,19(26)29-3)16(12-5-4-8-22-10-12)14(9-21)23(15)11-13/h4-8,10-11,14-16H,1-3H3. The summed E-state index contributed by atoms with van der Waals surface area (Å²) >= 11 is 0. The summed E-state index contributed by atoms with van der Waals surface area (Å²) in [6.07, 6.45) is 7.42. The van der Waals surface area contributed by atoms with E-state index in [1.807, 2.05) is 0 Å². The number of pyridine rings is 1. The minimum Gasteiger partial charge on any atom is -0.468 e. The monoisotopic (exact) mass is 397 g/mol. The molecule has 9 heteroatoms. The first-order chi connectivity index (χ1) is 14.0. The summed E-state index contributed by atoms with van der Waals surface area (Å²) in [7, 11) is 3.57. The van der Waals surface area contributed by atoms with E-state index >= 15 is 0 Å². The summed E-state index contributed by atoms with van der Waals surface area (Å²) in [6.45, 7) is 0. The van der Waals surface area contributed by atoms with Crippen LogP contribution in [0.4, 0.5) is 0 Å². The molecule has 3 heterocycles. The Bertz CT molecular complexity index is 917. The van der Waals surface area contributed by atoms with Crippen molar-refractivity contribution in [3.05, 3.63) is 54.0 Å². The van der Waals surface area contributed by atoms with Crippen LogP contribution in [0.5, 0.6) is 0 Å². The number of nitrogens with zero attached hydrogens (tertiary/aromatic N) is 3. The number of carbonyl (C=O) groups is 3. The first kappa shape index (κ1) is 20.1. The average molecular weight is 397 g/mol. The van der Waals surface area contributed by atoms with E-state index in [-0.39, 0.29) is 5.57 Å². The maximum absolute atomic E-state index is 13.1. The lowest BCUT2D eigenvalue weighted by atomic mass is 9.68. The summed E-state index contributed by atoms with van der Waals surface area (Å²) in [6, 6.07) is 3.58. The largest absolute Gasteiger partial charge is 0.468 e. The third-order valence-electron chi connectivity index (χ3n) is 5.30. The number of ether oxygens (including phenoxy) is 3. The van der Waals surface area contributed by atoms with E-state index in [0.29, 0.717) is 5.56 Å². The van der Waals surface area contributed by atoms with Crippen LogP contribution in [0.1, 0.15) is 11.5 Å². The van der Waals surface area contributed by atoms with Crippen molar-refractivity contribution in [1.82, 2.24) is 9.88 Å². The van der Waals surface area contributed by atoms with Gasteiger partial charge in [-0.1, -0.05) is 12.1 Å². The molecule has 0 bridgehead atoms. The topological polar surface area (TPSA) is 119 Å². The first-order valence-electron chi connectivity index (χ1n) is 8.69. The predicted molar refractivity (Wildman–Crippen MR) is 97.7 cm³/mol. The van der Waals surface area contributed by atoms with Crippen LogP contribution in [0.15, 0.2) is 48.5 Å². The lowest BCUT2D eigenvalue weighted by molar-refractivity contribution is -0.171. The molecule has 29 heavy (non-hydrogen) atoms. The molecule has 9 nitrogen and oxygen atoms in total. The lowest BCUT2D eigenvalue weighted by Gasteiger charge is -2.34. The number of aromatic nitrogens is 1. The average Bonchev–Trinajstić information content (AvgIpc) is 3.08. The van der Waals surface area contributed by atoms with Crippen molar-refractivity contribution in [1.29, 1.82) is 5.26 Å². The first-order valence-corrected chi connectivity index (χ1v) is 8.69. The number of carbonyl (C=O) groups excluding carboxylic acids is 3. The van der Waals surface area contributed by atoms with Gasteiger partial charge in [0.25, 0.3) is 0 Å². The van der Waals surface area contributed by atoms with Gasteiger partial charge in [0.05, 0.1) is 39.0 Å². The number of rotatable bonds is 4. The van der Waals surface area contributed by atoms with Gasteiger partial charge in [0.15, 0.2) is 5.41 Å². The SMILES string of the molecule is COC(=O)C1=CN2C(C#N)C(c3cccnc3)C(C(=O)OC)(C(=O)OC)C2C=C1. The van der Waals surface area contributed by atoms with E-state index in [9.17, 15) is 19.6 Å². The molecule has 0 aromatic carbocycles. The van der Waals surface area contributed by atoms with E-state index in [2.05, 4.69) is 11.1 Å². The van der Waals surface area contributed by atoms with Crippen LogP contribution < -0.4 is 0 Å². The van der Waals surface area contributed by atoms with Crippen molar-refractivity contribution in [3.8, 4) is 6.07 Å². The zero-order valence-electron chi connectivity index (χ0n) is 16.1. The fourth-order valence-electron chi connectivity index (χ4n) is 4.12. The number of hydrogen-bond acceptors (Lipinski definition) is 9. The van der Waals surface area contributed by atoms with Crippen LogP contribution in [0, 0.1) is 16.7 Å². The number of methoxy groups -OCH3 is 3. The third kappa shape index (κ3) is 2.84. The fourth-order valence-corrected chi connectivity index (χ4v) is 4.12. The van der Waals surface area contributed by atoms with Crippen molar-refractivity contribution in [2.75, 3.05) is 21.3 Å². The van der Waals surface area contributed by atoms with Gasteiger partial charge in [0, 0.05) is 24.5 Å². The second-order valence-corrected chi connectivity index (χ2v) is 6.52. The van der Waals surface area contributed by atoms with Gasteiger partial charge < -0.3 is 19.1 Å². The van der Waals surface area contributed by atoms with Gasteiger partial charge in [-0.3, -0.25) is 14.6 Å². The van der Waals surface area contributed by atoms with E-state index in [1.165, 1.54) is 50.8 Å². The Labute approximate surface area is 167 Å².